The molecule has 0 bridgehead atoms. The lowest BCUT2D eigenvalue weighted by Crippen LogP contribution is -2.48. The molecule has 1 aliphatic heterocycles. The summed E-state index contributed by atoms with van der Waals surface area (Å²) in [6, 6.07) is 3.73. The van der Waals surface area contributed by atoms with Crippen LogP contribution < -0.4 is 5.32 Å². The zero-order valence-electron chi connectivity index (χ0n) is 15.7. The van der Waals surface area contributed by atoms with Crippen LogP contribution in [0.15, 0.2) is 18.2 Å². The van der Waals surface area contributed by atoms with E-state index in [2.05, 4.69) is 10.2 Å². The van der Waals surface area contributed by atoms with E-state index in [0.29, 0.717) is 12.1 Å². The maximum absolute atomic E-state index is 13.6. The van der Waals surface area contributed by atoms with Gasteiger partial charge in [-0.2, -0.15) is 0 Å². The molecule has 2 aliphatic rings. The lowest BCUT2D eigenvalue weighted by molar-refractivity contribution is -0.122. The molecule has 27 heavy (non-hydrogen) atoms. The Bertz CT molecular complexity index is 666. The molecule has 1 N–H and O–H groups in total. The Kier molecular flexibility index (Phi) is 6.94. The number of halogens is 2. The number of piperidine rings is 1. The van der Waals surface area contributed by atoms with Crippen molar-refractivity contribution in [2.45, 2.75) is 69.9 Å². The van der Waals surface area contributed by atoms with Crippen LogP contribution in [0.2, 0.25) is 0 Å². The van der Waals surface area contributed by atoms with E-state index in [1.165, 1.54) is 32.1 Å². The van der Waals surface area contributed by atoms with E-state index < -0.39 is 17.4 Å². The molecule has 1 heterocycles. The molecule has 1 saturated heterocycles. The second-order valence-corrected chi connectivity index (χ2v) is 7.72. The first-order chi connectivity index (χ1) is 13.0. The average molecular weight is 378 g/mol. The third-order valence-corrected chi connectivity index (χ3v) is 5.80. The normalized spacial score (nSPS) is 19.8. The predicted molar refractivity (Wildman–Crippen MR) is 99.5 cm³/mol. The third kappa shape index (κ3) is 5.58. The number of hydrogen-bond donors (Lipinski definition) is 1. The van der Waals surface area contributed by atoms with Crippen molar-refractivity contribution in [1.29, 1.82) is 0 Å². The number of hydrogen-bond acceptors (Lipinski definition) is 3. The Morgan fingerprint density at radius 1 is 1.00 bits per heavy atom. The number of carbonyl (C=O) groups is 2. The molecule has 3 rings (SSSR count). The van der Waals surface area contributed by atoms with Crippen molar-refractivity contribution in [1.82, 2.24) is 10.2 Å². The summed E-state index contributed by atoms with van der Waals surface area (Å²) in [4.78, 5) is 26.7. The fourth-order valence-corrected chi connectivity index (χ4v) is 4.23. The Balaban J connectivity index is 1.39. The Morgan fingerprint density at radius 3 is 2.37 bits per heavy atom. The maximum Gasteiger partial charge on any atom is 0.220 e. The van der Waals surface area contributed by atoms with Crippen LogP contribution in [0, 0.1) is 11.6 Å². The van der Waals surface area contributed by atoms with Crippen molar-refractivity contribution in [2.75, 3.05) is 13.1 Å². The van der Waals surface area contributed by atoms with E-state index in [4.69, 9.17) is 0 Å². The minimum absolute atomic E-state index is 0.0263. The van der Waals surface area contributed by atoms with Crippen molar-refractivity contribution >= 4 is 11.7 Å². The van der Waals surface area contributed by atoms with Gasteiger partial charge in [-0.15, -0.1) is 0 Å². The van der Waals surface area contributed by atoms with Gasteiger partial charge in [-0.25, -0.2) is 8.78 Å². The molecule has 148 valence electrons. The van der Waals surface area contributed by atoms with Crippen molar-refractivity contribution in [3.8, 4) is 0 Å². The average Bonchev–Trinajstić information content (AvgIpc) is 2.67. The number of nitrogens with one attached hydrogen (secondary N) is 1. The number of likely N-dealkylation sites (tertiary alicyclic amines) is 1. The lowest BCUT2D eigenvalue weighted by atomic mass is 9.92. The fraction of sp³-hybridized carbons (Fsp3) is 0.619. The summed E-state index contributed by atoms with van der Waals surface area (Å²) in [6.45, 7) is 2.02. The highest BCUT2D eigenvalue weighted by molar-refractivity contribution is 5.98. The van der Waals surface area contributed by atoms with Crippen molar-refractivity contribution in [2.24, 2.45) is 0 Å². The second kappa shape index (κ2) is 9.40. The molecule has 6 heteroatoms. The molecule has 2 fully saturated rings. The number of rotatable bonds is 6. The molecule has 0 unspecified atom stereocenters. The predicted octanol–water partition coefficient (Wildman–Crippen LogP) is 3.84. The highest BCUT2D eigenvalue weighted by Gasteiger charge is 2.26. The highest BCUT2D eigenvalue weighted by atomic mass is 19.1. The minimum Gasteiger partial charge on any atom is -0.353 e. The van der Waals surface area contributed by atoms with E-state index in [-0.39, 0.29) is 30.4 Å². The minimum atomic E-state index is -0.879. The van der Waals surface area contributed by atoms with Crippen LogP contribution in [0.5, 0.6) is 0 Å². The largest absolute Gasteiger partial charge is 0.353 e. The summed E-state index contributed by atoms with van der Waals surface area (Å²) >= 11 is 0. The van der Waals surface area contributed by atoms with E-state index in [9.17, 15) is 18.4 Å². The molecule has 1 aromatic rings. The highest BCUT2D eigenvalue weighted by Crippen LogP contribution is 2.25. The fourth-order valence-electron chi connectivity index (χ4n) is 4.23. The number of benzene rings is 1. The monoisotopic (exact) mass is 378 g/mol. The summed E-state index contributed by atoms with van der Waals surface area (Å²) in [7, 11) is 0. The topological polar surface area (TPSA) is 49.4 Å². The Hall–Kier alpha value is -1.82. The third-order valence-electron chi connectivity index (χ3n) is 5.80. The quantitative estimate of drug-likeness (QED) is 0.765. The summed E-state index contributed by atoms with van der Waals surface area (Å²) in [5.41, 5.74) is -0.162. The van der Waals surface area contributed by atoms with Gasteiger partial charge in [0.05, 0.1) is 5.56 Å². The summed E-state index contributed by atoms with van der Waals surface area (Å²) < 4.78 is 26.5. The van der Waals surface area contributed by atoms with Gasteiger partial charge in [0.25, 0.3) is 0 Å². The van der Waals surface area contributed by atoms with Crippen LogP contribution in [0.3, 0.4) is 0 Å². The number of nitrogens with zero attached hydrogens (tertiary/aromatic N) is 1. The first kappa shape index (κ1) is 19.9. The number of carbonyl (C=O) groups excluding carboxylic acids is 2. The standard InChI is InChI=1S/C21H28F2N2O2/c22-15-6-7-18(19(23)14-15)20(26)8-9-21(27)24-16-10-12-25(13-11-16)17-4-2-1-3-5-17/h6-7,14,16-17H,1-5,8-13H2,(H,24,27). The maximum atomic E-state index is 13.6. The summed E-state index contributed by atoms with van der Waals surface area (Å²) in [5.74, 6) is -2.26. The lowest BCUT2D eigenvalue weighted by Gasteiger charge is -2.39. The first-order valence-corrected chi connectivity index (χ1v) is 10.0. The van der Waals surface area contributed by atoms with Gasteiger partial charge in [0.15, 0.2) is 5.78 Å². The zero-order chi connectivity index (χ0) is 19.2. The van der Waals surface area contributed by atoms with E-state index in [0.717, 1.165) is 38.1 Å². The summed E-state index contributed by atoms with van der Waals surface area (Å²) in [6.07, 6.45) is 8.40. The molecule has 1 amide bonds. The van der Waals surface area contributed by atoms with Gasteiger partial charge in [-0.1, -0.05) is 19.3 Å². The molecule has 0 spiro atoms. The number of ketones is 1. The van der Waals surface area contributed by atoms with E-state index >= 15 is 0 Å². The van der Waals surface area contributed by atoms with Crippen molar-refractivity contribution in [3.63, 3.8) is 0 Å². The smallest absolute Gasteiger partial charge is 0.220 e. The van der Waals surface area contributed by atoms with Crippen molar-refractivity contribution in [3.05, 3.63) is 35.4 Å². The van der Waals surface area contributed by atoms with Crippen LogP contribution >= 0.6 is 0 Å². The molecule has 1 saturated carbocycles. The van der Waals surface area contributed by atoms with Crippen LogP contribution in [-0.4, -0.2) is 41.8 Å². The SMILES string of the molecule is O=C(CCC(=O)c1ccc(F)cc1F)NC1CCN(C2CCCCC2)CC1. The number of Topliss-reactive ketones (excluding diaryl/α,β-unsaturated/α-hetero) is 1. The molecular weight excluding hydrogens is 350 g/mol. The molecule has 0 aromatic heterocycles. The van der Waals surface area contributed by atoms with E-state index in [1.54, 1.807) is 0 Å². The van der Waals surface area contributed by atoms with Crippen LogP contribution in [0.25, 0.3) is 0 Å². The van der Waals surface area contributed by atoms with Gasteiger partial charge in [0.2, 0.25) is 5.91 Å². The zero-order valence-corrected chi connectivity index (χ0v) is 15.7. The molecular formula is C21H28F2N2O2. The molecule has 0 radical (unpaired) electrons. The van der Waals surface area contributed by atoms with Crippen LogP contribution in [0.1, 0.15) is 68.1 Å². The van der Waals surface area contributed by atoms with Gasteiger partial charge in [0, 0.05) is 44.1 Å². The van der Waals surface area contributed by atoms with Gasteiger partial charge >= 0.3 is 0 Å². The molecule has 1 aliphatic carbocycles. The van der Waals surface area contributed by atoms with Gasteiger partial charge in [-0.05, 0) is 37.8 Å². The van der Waals surface area contributed by atoms with Crippen LogP contribution in [0.4, 0.5) is 8.78 Å². The van der Waals surface area contributed by atoms with Gasteiger partial charge in [-0.3, -0.25) is 9.59 Å². The first-order valence-electron chi connectivity index (χ1n) is 10.0. The Labute approximate surface area is 159 Å². The van der Waals surface area contributed by atoms with Gasteiger partial charge < -0.3 is 10.2 Å². The van der Waals surface area contributed by atoms with E-state index in [1.807, 2.05) is 0 Å². The molecule has 1 aromatic carbocycles. The second-order valence-electron chi connectivity index (χ2n) is 7.72. The van der Waals surface area contributed by atoms with Crippen molar-refractivity contribution < 1.29 is 18.4 Å². The molecule has 0 atom stereocenters. The van der Waals surface area contributed by atoms with Gasteiger partial charge in [0.1, 0.15) is 11.6 Å². The Morgan fingerprint density at radius 2 is 1.70 bits per heavy atom. The van der Waals surface area contributed by atoms with Crippen LogP contribution in [-0.2, 0) is 4.79 Å². The summed E-state index contributed by atoms with van der Waals surface area (Å²) in [5, 5.41) is 3.00. The molecule has 4 nitrogen and oxygen atoms in total. The number of amides is 1.